The fourth-order valence-corrected chi connectivity index (χ4v) is 8.82. The van der Waals surface area contributed by atoms with Crippen molar-refractivity contribution in [1.29, 1.82) is 0 Å². The van der Waals surface area contributed by atoms with Crippen molar-refractivity contribution >= 4 is 34.2 Å². The van der Waals surface area contributed by atoms with Crippen LogP contribution in [0.1, 0.15) is 92.0 Å². The molecule has 1 heterocycles. The lowest BCUT2D eigenvalue weighted by molar-refractivity contribution is -0.143. The van der Waals surface area contributed by atoms with Gasteiger partial charge < -0.3 is 4.90 Å². The van der Waals surface area contributed by atoms with E-state index in [1.807, 2.05) is 41.3 Å². The Balaban J connectivity index is 1.15. The number of rotatable bonds is 6. The second-order valence-electron chi connectivity index (χ2n) is 14.3. The first kappa shape index (κ1) is 26.4. The van der Waals surface area contributed by atoms with Crippen LogP contribution in [0, 0.1) is 23.2 Å². The molecule has 0 radical (unpaired) electrons. The van der Waals surface area contributed by atoms with E-state index < -0.39 is 0 Å². The van der Waals surface area contributed by atoms with Crippen LogP contribution in [-0.4, -0.2) is 35.7 Å². The molecule has 41 heavy (non-hydrogen) atoms. The second kappa shape index (κ2) is 9.54. The highest BCUT2D eigenvalue weighted by Gasteiger charge is 2.55. The summed E-state index contributed by atoms with van der Waals surface area (Å²) in [6.45, 7) is 7.37. The molecule has 0 spiro atoms. The first-order chi connectivity index (χ1) is 19.6. The van der Waals surface area contributed by atoms with Gasteiger partial charge in [0.05, 0.1) is 5.41 Å². The van der Waals surface area contributed by atoms with Crippen molar-refractivity contribution in [3.05, 3.63) is 77.4 Å². The van der Waals surface area contributed by atoms with Gasteiger partial charge in [0.1, 0.15) is 0 Å². The third-order valence-corrected chi connectivity index (χ3v) is 10.4. The maximum Gasteiger partial charge on any atom is 0.261 e. The molecule has 4 aliphatic carbocycles. The molecular formula is C36H40N2O3. The van der Waals surface area contributed by atoms with Crippen molar-refractivity contribution in [1.82, 2.24) is 4.90 Å². The number of hydrogen-bond acceptors (Lipinski definition) is 3. The van der Waals surface area contributed by atoms with E-state index in [0.717, 1.165) is 35.7 Å². The minimum absolute atomic E-state index is 0.0292. The van der Waals surface area contributed by atoms with Crippen molar-refractivity contribution in [2.24, 2.45) is 23.2 Å². The Kier molecular flexibility index (Phi) is 6.15. The molecule has 4 fully saturated rings. The zero-order valence-corrected chi connectivity index (χ0v) is 24.5. The largest absolute Gasteiger partial charge is 0.312 e. The Hall–Kier alpha value is -3.47. The molecular weight excluding hydrogens is 508 g/mol. The van der Waals surface area contributed by atoms with E-state index in [1.54, 1.807) is 0 Å². The molecule has 4 bridgehead atoms. The predicted molar refractivity (Wildman–Crippen MR) is 162 cm³/mol. The first-order valence-electron chi connectivity index (χ1n) is 15.4. The Morgan fingerprint density at radius 1 is 0.829 bits per heavy atom. The monoisotopic (exact) mass is 548 g/mol. The molecule has 5 nitrogen and oxygen atoms in total. The summed E-state index contributed by atoms with van der Waals surface area (Å²) >= 11 is 0. The summed E-state index contributed by atoms with van der Waals surface area (Å²) in [5.41, 5.74) is 3.09. The molecule has 5 aliphatic rings. The van der Waals surface area contributed by atoms with Gasteiger partial charge in [-0.1, -0.05) is 57.2 Å². The maximum absolute atomic E-state index is 14.6. The van der Waals surface area contributed by atoms with Gasteiger partial charge >= 0.3 is 0 Å². The van der Waals surface area contributed by atoms with E-state index in [-0.39, 0.29) is 35.1 Å². The molecule has 3 aromatic carbocycles. The van der Waals surface area contributed by atoms with Crippen molar-refractivity contribution in [2.45, 2.75) is 71.1 Å². The van der Waals surface area contributed by atoms with Gasteiger partial charge in [0.2, 0.25) is 5.91 Å². The van der Waals surface area contributed by atoms with Gasteiger partial charge in [0.15, 0.2) is 0 Å². The highest BCUT2D eigenvalue weighted by atomic mass is 16.2. The van der Waals surface area contributed by atoms with E-state index in [1.165, 1.54) is 29.7 Å². The van der Waals surface area contributed by atoms with Gasteiger partial charge in [0, 0.05) is 35.3 Å². The van der Waals surface area contributed by atoms with E-state index in [0.29, 0.717) is 41.8 Å². The zero-order chi connectivity index (χ0) is 28.5. The lowest BCUT2D eigenvalue weighted by atomic mass is 9.49. The maximum atomic E-state index is 14.6. The van der Waals surface area contributed by atoms with Crippen molar-refractivity contribution in [3.63, 3.8) is 0 Å². The Bertz CT molecular complexity index is 1460. The fourth-order valence-electron chi connectivity index (χ4n) is 8.82. The zero-order valence-electron chi connectivity index (χ0n) is 24.5. The molecule has 0 unspecified atom stereocenters. The summed E-state index contributed by atoms with van der Waals surface area (Å²) in [7, 11) is 0. The van der Waals surface area contributed by atoms with Crippen molar-refractivity contribution in [2.75, 3.05) is 18.0 Å². The lowest BCUT2D eigenvalue weighted by Crippen LogP contribution is -2.55. The van der Waals surface area contributed by atoms with Crippen LogP contribution in [0.4, 0.5) is 5.69 Å². The number of benzene rings is 3. The average Bonchev–Trinajstić information content (AvgIpc) is 2.94. The number of amides is 3. The Morgan fingerprint density at radius 2 is 1.37 bits per heavy atom. The molecule has 5 heteroatoms. The van der Waals surface area contributed by atoms with E-state index in [2.05, 4.69) is 45.0 Å². The van der Waals surface area contributed by atoms with Gasteiger partial charge in [-0.15, -0.1) is 0 Å². The molecule has 0 aromatic heterocycles. The Labute approximate surface area is 242 Å². The Morgan fingerprint density at radius 3 is 1.88 bits per heavy atom. The molecule has 0 saturated heterocycles. The van der Waals surface area contributed by atoms with Gasteiger partial charge in [-0.05, 0) is 103 Å². The average molecular weight is 549 g/mol. The first-order valence-corrected chi connectivity index (χ1v) is 15.4. The quantitative estimate of drug-likeness (QED) is 0.302. The van der Waals surface area contributed by atoms with Crippen molar-refractivity contribution < 1.29 is 14.4 Å². The third kappa shape index (κ3) is 4.40. The van der Waals surface area contributed by atoms with Gasteiger partial charge in [-0.25, -0.2) is 0 Å². The third-order valence-electron chi connectivity index (χ3n) is 10.4. The minimum atomic E-state index is -0.261. The summed E-state index contributed by atoms with van der Waals surface area (Å²) in [4.78, 5) is 44.9. The van der Waals surface area contributed by atoms with Gasteiger partial charge in [0.25, 0.3) is 11.8 Å². The minimum Gasteiger partial charge on any atom is -0.312 e. The highest BCUT2D eigenvalue weighted by molar-refractivity contribution is 6.25. The number of carbonyl (C=O) groups is 3. The van der Waals surface area contributed by atoms with Gasteiger partial charge in [-0.3, -0.25) is 19.3 Å². The number of hydrogen-bond donors (Lipinski definition) is 0. The summed E-state index contributed by atoms with van der Waals surface area (Å²) in [5, 5.41) is 1.66. The SMILES string of the molecule is CC(C)(C)c1ccc(N(CCCN2C(=O)c3cccc4cccc(c34)C2=O)C(=O)C23CC4CC(CC(C4)C2)C3)cc1. The molecule has 0 atom stereocenters. The van der Waals surface area contributed by atoms with Crippen LogP contribution >= 0.6 is 0 Å². The standard InChI is InChI=1S/C36H40N2O3/c1-35(2,3)27-11-13-28(14-12-27)37(34(41)36-20-23-17-24(21-36)19-25(18-23)22-36)15-6-16-38-32(39)29-9-4-7-26-8-5-10-30(31(26)29)33(38)40/h4-5,7-14,23-25H,6,15-22H2,1-3H3. The van der Waals surface area contributed by atoms with Crippen LogP contribution in [0.3, 0.4) is 0 Å². The smallest absolute Gasteiger partial charge is 0.261 e. The molecule has 3 aromatic rings. The molecule has 4 saturated carbocycles. The molecule has 1 aliphatic heterocycles. The molecule has 3 amide bonds. The number of anilines is 1. The summed E-state index contributed by atoms with van der Waals surface area (Å²) in [6, 6.07) is 19.7. The lowest BCUT2D eigenvalue weighted by Gasteiger charge is -2.56. The summed E-state index contributed by atoms with van der Waals surface area (Å²) < 4.78 is 0. The van der Waals surface area contributed by atoms with Crippen LogP contribution in [-0.2, 0) is 10.2 Å². The second-order valence-corrected chi connectivity index (χ2v) is 14.3. The summed E-state index contributed by atoms with van der Waals surface area (Å²) in [5.74, 6) is 1.82. The predicted octanol–water partition coefficient (Wildman–Crippen LogP) is 7.37. The fraction of sp³-hybridized carbons (Fsp3) is 0.472. The van der Waals surface area contributed by atoms with E-state index >= 15 is 0 Å². The normalized spacial score (nSPS) is 26.6. The van der Waals surface area contributed by atoms with Crippen LogP contribution in [0.5, 0.6) is 0 Å². The van der Waals surface area contributed by atoms with Crippen LogP contribution in [0.25, 0.3) is 10.8 Å². The van der Waals surface area contributed by atoms with E-state index in [9.17, 15) is 14.4 Å². The van der Waals surface area contributed by atoms with E-state index in [4.69, 9.17) is 0 Å². The van der Waals surface area contributed by atoms with Crippen LogP contribution < -0.4 is 4.90 Å². The van der Waals surface area contributed by atoms with Crippen molar-refractivity contribution in [3.8, 4) is 0 Å². The molecule has 8 rings (SSSR count). The van der Waals surface area contributed by atoms with Crippen LogP contribution in [0.2, 0.25) is 0 Å². The number of nitrogens with zero attached hydrogens (tertiary/aromatic N) is 2. The number of carbonyl (C=O) groups excluding carboxylic acids is 3. The molecule has 0 N–H and O–H groups in total. The van der Waals surface area contributed by atoms with Crippen LogP contribution in [0.15, 0.2) is 60.7 Å². The van der Waals surface area contributed by atoms with Gasteiger partial charge in [-0.2, -0.15) is 0 Å². The highest BCUT2D eigenvalue weighted by Crippen LogP contribution is 2.60. The number of imide groups is 1. The summed E-state index contributed by atoms with van der Waals surface area (Å²) in [6.07, 6.45) is 7.45. The topological polar surface area (TPSA) is 57.7 Å². The molecule has 212 valence electrons.